The summed E-state index contributed by atoms with van der Waals surface area (Å²) in [4.78, 5) is 23.1. The molecule has 2 aliphatic rings. The van der Waals surface area contributed by atoms with Gasteiger partial charge in [-0.25, -0.2) is 9.48 Å². The predicted octanol–water partition coefficient (Wildman–Crippen LogP) is 2.41. The molecule has 0 bridgehead atoms. The maximum Gasteiger partial charge on any atom is 0.490 e. The summed E-state index contributed by atoms with van der Waals surface area (Å²) in [5.74, 6) is -1.57. The number of hydrogen-bond acceptors (Lipinski definition) is 5. The Kier molecular flexibility index (Phi) is 6.58. The van der Waals surface area contributed by atoms with Gasteiger partial charge in [0.25, 0.3) is 5.91 Å². The number of alkyl halides is 3. The molecule has 2 atom stereocenters. The van der Waals surface area contributed by atoms with Gasteiger partial charge in [0, 0.05) is 31.2 Å². The van der Waals surface area contributed by atoms with Crippen molar-refractivity contribution in [2.24, 2.45) is 17.6 Å². The molecule has 4 N–H and O–H groups in total. The first kappa shape index (κ1) is 23.7. The van der Waals surface area contributed by atoms with Gasteiger partial charge in [-0.2, -0.15) is 18.3 Å². The monoisotopic (exact) mass is 475 g/mol. The van der Waals surface area contributed by atoms with Crippen LogP contribution in [0.4, 0.5) is 13.2 Å². The molecule has 180 valence electrons. The van der Waals surface area contributed by atoms with E-state index in [2.05, 4.69) is 39.6 Å². The van der Waals surface area contributed by atoms with Gasteiger partial charge in [-0.3, -0.25) is 9.69 Å². The van der Waals surface area contributed by atoms with Crippen LogP contribution in [0.25, 0.3) is 16.6 Å². The number of carboxylic acids is 1. The lowest BCUT2D eigenvalue weighted by Crippen LogP contribution is -2.25. The number of fused-ring (bicyclic) bond motifs is 2. The second kappa shape index (κ2) is 9.43. The lowest BCUT2D eigenvalue weighted by atomic mass is 10.0. The molecule has 8 nitrogen and oxygen atoms in total. The third kappa shape index (κ3) is 5.20. The summed E-state index contributed by atoms with van der Waals surface area (Å²) in [5, 5.41) is 16.1. The maximum absolute atomic E-state index is 11.6. The summed E-state index contributed by atoms with van der Waals surface area (Å²) in [6, 6.07) is 14.0. The Labute approximate surface area is 193 Å². The van der Waals surface area contributed by atoms with Crippen LogP contribution in [0.5, 0.6) is 0 Å². The zero-order chi connectivity index (χ0) is 24.5. The van der Waals surface area contributed by atoms with Gasteiger partial charge in [-0.05, 0) is 48.7 Å². The fraction of sp³-hybridized carbons (Fsp3) is 0.348. The van der Waals surface area contributed by atoms with Crippen LogP contribution in [-0.4, -0.2) is 64.0 Å². The maximum atomic E-state index is 11.6. The van der Waals surface area contributed by atoms with Crippen molar-refractivity contribution in [3.05, 3.63) is 59.8 Å². The number of carboxylic acid groups (broad SMARTS) is 1. The molecule has 11 heteroatoms. The van der Waals surface area contributed by atoms with E-state index in [-0.39, 0.29) is 0 Å². The number of aromatic nitrogens is 2. The predicted molar refractivity (Wildman–Crippen MR) is 118 cm³/mol. The molecule has 2 aromatic carbocycles. The van der Waals surface area contributed by atoms with Crippen molar-refractivity contribution in [1.29, 1.82) is 0 Å². The lowest BCUT2D eigenvalue weighted by molar-refractivity contribution is -0.192. The van der Waals surface area contributed by atoms with E-state index in [1.165, 1.54) is 31.7 Å². The molecule has 3 aromatic rings. The van der Waals surface area contributed by atoms with Crippen LogP contribution in [-0.2, 0) is 11.3 Å². The summed E-state index contributed by atoms with van der Waals surface area (Å²) in [7, 11) is 0. The molecular weight excluding hydrogens is 451 g/mol. The Bertz CT molecular complexity index is 1180. The topological polar surface area (TPSA) is 113 Å². The van der Waals surface area contributed by atoms with E-state index in [1.54, 1.807) is 6.07 Å². The molecule has 2 saturated heterocycles. The zero-order valence-corrected chi connectivity index (χ0v) is 18.1. The van der Waals surface area contributed by atoms with E-state index in [0.717, 1.165) is 29.5 Å². The van der Waals surface area contributed by atoms with Crippen molar-refractivity contribution in [1.82, 2.24) is 20.0 Å². The number of nitrogens with zero attached hydrogens (tertiary/aromatic N) is 3. The fourth-order valence-electron chi connectivity index (χ4n) is 4.47. The Morgan fingerprint density at radius 2 is 1.71 bits per heavy atom. The average Bonchev–Trinajstić information content (AvgIpc) is 3.48. The number of nitrogens with one attached hydrogen (secondary N) is 1. The van der Waals surface area contributed by atoms with Crippen molar-refractivity contribution in [2.45, 2.75) is 12.7 Å². The van der Waals surface area contributed by atoms with Crippen LogP contribution in [0.15, 0.2) is 48.7 Å². The molecule has 2 fully saturated rings. The van der Waals surface area contributed by atoms with Crippen LogP contribution in [0.1, 0.15) is 15.9 Å². The Hall–Kier alpha value is -3.44. The van der Waals surface area contributed by atoms with Gasteiger partial charge < -0.3 is 16.2 Å². The first-order valence-corrected chi connectivity index (χ1v) is 10.7. The van der Waals surface area contributed by atoms with Crippen LogP contribution in [0, 0.1) is 11.8 Å². The zero-order valence-electron chi connectivity index (χ0n) is 18.1. The van der Waals surface area contributed by atoms with Crippen molar-refractivity contribution >= 4 is 22.8 Å². The molecule has 0 saturated carbocycles. The Balaban J connectivity index is 0.000000344. The number of nitrogens with two attached hydrogens (primary N) is 1. The van der Waals surface area contributed by atoms with Crippen molar-refractivity contribution in [3.63, 3.8) is 0 Å². The smallest absolute Gasteiger partial charge is 0.475 e. The van der Waals surface area contributed by atoms with Gasteiger partial charge in [-0.15, -0.1) is 0 Å². The number of benzene rings is 2. The molecule has 0 aliphatic carbocycles. The van der Waals surface area contributed by atoms with E-state index < -0.39 is 18.1 Å². The minimum Gasteiger partial charge on any atom is -0.475 e. The summed E-state index contributed by atoms with van der Waals surface area (Å²) in [5.41, 5.74) is 8.86. The third-order valence-electron chi connectivity index (χ3n) is 6.12. The first-order chi connectivity index (χ1) is 16.1. The highest BCUT2D eigenvalue weighted by Gasteiger charge is 2.38. The molecule has 2 unspecified atom stereocenters. The molecule has 1 amide bonds. The second-order valence-corrected chi connectivity index (χ2v) is 8.52. The number of hydrogen-bond donors (Lipinski definition) is 3. The van der Waals surface area contributed by atoms with Crippen LogP contribution in [0.2, 0.25) is 0 Å². The molecule has 3 heterocycles. The van der Waals surface area contributed by atoms with E-state index in [1.807, 2.05) is 23.0 Å². The molecule has 5 rings (SSSR count). The second-order valence-electron chi connectivity index (χ2n) is 8.52. The van der Waals surface area contributed by atoms with Crippen LogP contribution < -0.4 is 11.1 Å². The number of carbonyl (C=O) groups excluding carboxylic acids is 1. The van der Waals surface area contributed by atoms with E-state index in [0.29, 0.717) is 11.1 Å². The molecular formula is C23H24F3N5O3. The number of halogens is 3. The summed E-state index contributed by atoms with van der Waals surface area (Å²) >= 11 is 0. The van der Waals surface area contributed by atoms with Gasteiger partial charge >= 0.3 is 12.1 Å². The number of aliphatic carboxylic acids is 1. The first-order valence-electron chi connectivity index (χ1n) is 10.7. The molecule has 34 heavy (non-hydrogen) atoms. The number of carbonyl (C=O) groups is 2. The van der Waals surface area contributed by atoms with Gasteiger partial charge in [0.15, 0.2) is 0 Å². The van der Waals surface area contributed by atoms with Crippen molar-refractivity contribution in [2.75, 3.05) is 26.2 Å². The molecule has 1 aromatic heterocycles. The lowest BCUT2D eigenvalue weighted by Gasteiger charge is -2.17. The minimum absolute atomic E-state index is 0.452. The largest absolute Gasteiger partial charge is 0.490 e. The van der Waals surface area contributed by atoms with E-state index in [4.69, 9.17) is 15.6 Å². The van der Waals surface area contributed by atoms with Crippen LogP contribution in [0.3, 0.4) is 0 Å². The number of likely N-dealkylation sites (tertiary alicyclic amines) is 1. The summed E-state index contributed by atoms with van der Waals surface area (Å²) in [6.45, 7) is 5.72. The number of amides is 1. The molecule has 2 aliphatic heterocycles. The van der Waals surface area contributed by atoms with Crippen molar-refractivity contribution < 1.29 is 27.9 Å². The number of rotatable bonds is 4. The van der Waals surface area contributed by atoms with Gasteiger partial charge in [0.1, 0.15) is 5.52 Å². The highest BCUT2D eigenvalue weighted by atomic mass is 19.4. The van der Waals surface area contributed by atoms with Gasteiger partial charge in [0.05, 0.1) is 11.3 Å². The third-order valence-corrected chi connectivity index (χ3v) is 6.12. The average molecular weight is 475 g/mol. The van der Waals surface area contributed by atoms with E-state index in [9.17, 15) is 18.0 Å². The minimum atomic E-state index is -5.08. The standard InChI is InChI=1S/C21H23N5O.C2HF3O2/c22-21(27)19-3-1-2-15-13-26(24-20(15)19)18-6-4-14(5-7-18)10-25-11-16-8-23-9-17(16)12-25;3-2(4,5)1(6)7/h1-7,13,16-17,23H,8-12H2,(H2,22,27);(H,6,7). The highest BCUT2D eigenvalue weighted by molar-refractivity contribution is 6.04. The summed E-state index contributed by atoms with van der Waals surface area (Å²) in [6.07, 6.45) is -3.15. The molecule has 0 radical (unpaired) electrons. The summed E-state index contributed by atoms with van der Waals surface area (Å²) < 4.78 is 33.5. The van der Waals surface area contributed by atoms with E-state index >= 15 is 0 Å². The van der Waals surface area contributed by atoms with Crippen molar-refractivity contribution in [3.8, 4) is 5.69 Å². The van der Waals surface area contributed by atoms with Gasteiger partial charge in [-0.1, -0.05) is 24.3 Å². The Morgan fingerprint density at radius 1 is 1.09 bits per heavy atom. The highest BCUT2D eigenvalue weighted by Crippen LogP contribution is 2.27. The quantitative estimate of drug-likeness (QED) is 0.534. The normalized spacial score (nSPS) is 20.1. The molecule has 0 spiro atoms. The fourth-order valence-corrected chi connectivity index (χ4v) is 4.47. The van der Waals surface area contributed by atoms with Gasteiger partial charge in [0.2, 0.25) is 0 Å². The van der Waals surface area contributed by atoms with Crippen LogP contribution >= 0.6 is 0 Å². The Morgan fingerprint density at radius 3 is 2.26 bits per heavy atom. The SMILES string of the molecule is NC(=O)c1cccc2cn(-c3ccc(CN4CC5CNCC5C4)cc3)nc12.O=C(O)C(F)(F)F. The number of primary amides is 1.